The maximum absolute atomic E-state index is 12.6. The average Bonchev–Trinajstić information content (AvgIpc) is 2.43. The first kappa shape index (κ1) is 16.0. The normalized spacial score (nSPS) is 19.4. The van der Waals surface area contributed by atoms with Crippen molar-refractivity contribution >= 4 is 5.78 Å². The van der Waals surface area contributed by atoms with Crippen molar-refractivity contribution in [3.8, 4) is 5.75 Å². The van der Waals surface area contributed by atoms with E-state index in [0.717, 1.165) is 19.6 Å². The van der Waals surface area contributed by atoms with Gasteiger partial charge in [-0.25, -0.2) is 0 Å². The Morgan fingerprint density at radius 3 is 2.67 bits per heavy atom. The van der Waals surface area contributed by atoms with Crippen LogP contribution in [0.4, 0.5) is 0 Å². The molecule has 0 aliphatic carbocycles. The van der Waals surface area contributed by atoms with Crippen LogP contribution in [0.25, 0.3) is 0 Å². The van der Waals surface area contributed by atoms with Crippen molar-refractivity contribution < 1.29 is 9.53 Å². The fourth-order valence-electron chi connectivity index (χ4n) is 2.74. The molecule has 4 nitrogen and oxygen atoms in total. The van der Waals surface area contributed by atoms with E-state index in [1.54, 1.807) is 0 Å². The molecular weight excluding hydrogens is 264 g/mol. The van der Waals surface area contributed by atoms with Gasteiger partial charge in [0.25, 0.3) is 0 Å². The van der Waals surface area contributed by atoms with Crippen LogP contribution < -0.4 is 4.74 Å². The average molecular weight is 290 g/mol. The number of benzene rings is 1. The van der Waals surface area contributed by atoms with E-state index in [9.17, 15) is 4.79 Å². The highest BCUT2D eigenvalue weighted by Crippen LogP contribution is 2.22. The number of likely N-dealkylation sites (N-methyl/N-ethyl adjacent to an activating group) is 1. The second-order valence-corrected chi connectivity index (χ2v) is 6.30. The number of Topliss-reactive ketones (excluding diaryl/α,β-unsaturated/α-hetero) is 1. The summed E-state index contributed by atoms with van der Waals surface area (Å²) < 4.78 is 5.56. The summed E-state index contributed by atoms with van der Waals surface area (Å²) in [4.78, 5) is 17.2. The monoisotopic (exact) mass is 290 g/mol. The van der Waals surface area contributed by atoms with Crippen molar-refractivity contribution in [3.63, 3.8) is 0 Å². The lowest BCUT2D eigenvalue weighted by Crippen LogP contribution is -2.58. The van der Waals surface area contributed by atoms with Crippen LogP contribution in [0, 0.1) is 0 Å². The van der Waals surface area contributed by atoms with Gasteiger partial charge in [-0.05, 0) is 40.0 Å². The van der Waals surface area contributed by atoms with Gasteiger partial charge in [-0.2, -0.15) is 0 Å². The Hall–Kier alpha value is -1.39. The van der Waals surface area contributed by atoms with Crippen molar-refractivity contribution in [1.82, 2.24) is 9.80 Å². The molecular formula is C17H26N2O2. The standard InChI is InChI=1S/C17H26N2O2/c1-5-21-16-9-7-6-8-14(16)15(20)12-19-11-10-18(4)17(2,3)13-19/h6-9H,5,10-13H2,1-4H3. The van der Waals surface area contributed by atoms with Gasteiger partial charge < -0.3 is 4.74 Å². The summed E-state index contributed by atoms with van der Waals surface area (Å²) in [7, 11) is 2.14. The SMILES string of the molecule is CCOc1ccccc1C(=O)CN1CCN(C)C(C)(C)C1. The lowest BCUT2D eigenvalue weighted by Gasteiger charge is -2.45. The van der Waals surface area contributed by atoms with Crippen LogP contribution >= 0.6 is 0 Å². The van der Waals surface area contributed by atoms with E-state index in [4.69, 9.17) is 4.74 Å². The number of hydrogen-bond donors (Lipinski definition) is 0. The Morgan fingerprint density at radius 2 is 2.00 bits per heavy atom. The predicted octanol–water partition coefficient (Wildman–Crippen LogP) is 2.29. The van der Waals surface area contributed by atoms with E-state index in [1.807, 2.05) is 31.2 Å². The number of ketones is 1. The van der Waals surface area contributed by atoms with Gasteiger partial charge in [-0.15, -0.1) is 0 Å². The van der Waals surface area contributed by atoms with Crippen molar-refractivity contribution in [2.75, 3.05) is 39.8 Å². The van der Waals surface area contributed by atoms with Gasteiger partial charge in [0.15, 0.2) is 5.78 Å². The van der Waals surface area contributed by atoms with E-state index in [1.165, 1.54) is 0 Å². The highest BCUT2D eigenvalue weighted by Gasteiger charge is 2.32. The Kier molecular flexibility index (Phi) is 5.01. The maximum atomic E-state index is 12.6. The number of carbonyl (C=O) groups is 1. The molecule has 1 aliphatic rings. The van der Waals surface area contributed by atoms with E-state index < -0.39 is 0 Å². The van der Waals surface area contributed by atoms with Crippen molar-refractivity contribution in [2.24, 2.45) is 0 Å². The van der Waals surface area contributed by atoms with E-state index >= 15 is 0 Å². The molecule has 1 heterocycles. The zero-order chi connectivity index (χ0) is 15.5. The quantitative estimate of drug-likeness (QED) is 0.779. The minimum Gasteiger partial charge on any atom is -0.493 e. The molecule has 1 aromatic carbocycles. The molecule has 0 amide bonds. The van der Waals surface area contributed by atoms with Crippen LogP contribution in [-0.4, -0.2) is 61.0 Å². The molecule has 0 unspecified atom stereocenters. The number of rotatable bonds is 5. The van der Waals surface area contributed by atoms with Gasteiger partial charge in [0.2, 0.25) is 0 Å². The van der Waals surface area contributed by atoms with Crippen LogP contribution in [0.15, 0.2) is 24.3 Å². The number of para-hydroxylation sites is 1. The fraction of sp³-hybridized carbons (Fsp3) is 0.588. The summed E-state index contributed by atoms with van der Waals surface area (Å²) in [6, 6.07) is 7.52. The Bertz CT molecular complexity index is 499. The molecule has 0 bridgehead atoms. The number of hydrogen-bond acceptors (Lipinski definition) is 4. The molecule has 0 aromatic heterocycles. The summed E-state index contributed by atoms with van der Waals surface area (Å²) in [5.41, 5.74) is 0.800. The predicted molar refractivity (Wildman–Crippen MR) is 85.1 cm³/mol. The second-order valence-electron chi connectivity index (χ2n) is 6.30. The van der Waals surface area contributed by atoms with Gasteiger partial charge in [0.1, 0.15) is 5.75 Å². The summed E-state index contributed by atoms with van der Waals surface area (Å²) in [5, 5.41) is 0. The molecule has 0 spiro atoms. The summed E-state index contributed by atoms with van der Waals surface area (Å²) in [5.74, 6) is 0.831. The third kappa shape index (κ3) is 3.83. The van der Waals surface area contributed by atoms with Crippen LogP contribution in [0.3, 0.4) is 0 Å². The van der Waals surface area contributed by atoms with Crippen LogP contribution in [0.2, 0.25) is 0 Å². The molecule has 1 aliphatic heterocycles. The van der Waals surface area contributed by atoms with Crippen LogP contribution in [0.5, 0.6) is 5.75 Å². The van der Waals surface area contributed by atoms with E-state index in [0.29, 0.717) is 24.5 Å². The lowest BCUT2D eigenvalue weighted by atomic mass is 9.99. The summed E-state index contributed by atoms with van der Waals surface area (Å²) >= 11 is 0. The molecule has 1 saturated heterocycles. The molecule has 1 fully saturated rings. The first-order chi connectivity index (χ1) is 9.94. The second kappa shape index (κ2) is 6.58. The first-order valence-electron chi connectivity index (χ1n) is 7.62. The largest absolute Gasteiger partial charge is 0.493 e. The van der Waals surface area contributed by atoms with Crippen molar-refractivity contribution in [1.29, 1.82) is 0 Å². The first-order valence-corrected chi connectivity index (χ1v) is 7.62. The van der Waals surface area contributed by atoms with Gasteiger partial charge in [0.05, 0.1) is 18.7 Å². The smallest absolute Gasteiger partial charge is 0.180 e. The zero-order valence-electron chi connectivity index (χ0n) is 13.6. The third-order valence-electron chi connectivity index (χ3n) is 4.25. The highest BCUT2D eigenvalue weighted by atomic mass is 16.5. The van der Waals surface area contributed by atoms with Crippen molar-refractivity contribution in [3.05, 3.63) is 29.8 Å². The molecule has 0 radical (unpaired) electrons. The minimum absolute atomic E-state index is 0.109. The number of piperazine rings is 1. The van der Waals surface area contributed by atoms with Gasteiger partial charge in [0, 0.05) is 25.2 Å². The van der Waals surface area contributed by atoms with Crippen molar-refractivity contribution in [2.45, 2.75) is 26.3 Å². The Balaban J connectivity index is 2.05. The molecule has 21 heavy (non-hydrogen) atoms. The molecule has 2 rings (SSSR count). The third-order valence-corrected chi connectivity index (χ3v) is 4.25. The maximum Gasteiger partial charge on any atom is 0.180 e. The fourth-order valence-corrected chi connectivity index (χ4v) is 2.74. The van der Waals surface area contributed by atoms with Gasteiger partial charge in [-0.1, -0.05) is 12.1 Å². The summed E-state index contributed by atoms with van der Waals surface area (Å²) in [6.45, 7) is 10.2. The molecule has 0 N–H and O–H groups in total. The van der Waals surface area contributed by atoms with Crippen LogP contribution in [0.1, 0.15) is 31.1 Å². The molecule has 4 heteroatoms. The van der Waals surface area contributed by atoms with Gasteiger partial charge in [-0.3, -0.25) is 14.6 Å². The molecule has 0 atom stereocenters. The van der Waals surface area contributed by atoms with Gasteiger partial charge >= 0.3 is 0 Å². The van der Waals surface area contributed by atoms with E-state index in [-0.39, 0.29) is 11.3 Å². The lowest BCUT2D eigenvalue weighted by molar-refractivity contribution is 0.0389. The number of nitrogens with zero attached hydrogens (tertiary/aromatic N) is 2. The number of carbonyl (C=O) groups excluding carboxylic acids is 1. The Labute approximate surface area is 127 Å². The number of ether oxygens (including phenoxy) is 1. The zero-order valence-corrected chi connectivity index (χ0v) is 13.6. The van der Waals surface area contributed by atoms with Crippen LogP contribution in [-0.2, 0) is 0 Å². The minimum atomic E-state index is 0.109. The Morgan fingerprint density at radius 1 is 1.29 bits per heavy atom. The van der Waals surface area contributed by atoms with E-state index in [2.05, 4.69) is 30.7 Å². The summed E-state index contributed by atoms with van der Waals surface area (Å²) in [6.07, 6.45) is 0. The topological polar surface area (TPSA) is 32.8 Å². The molecule has 116 valence electrons. The molecule has 1 aromatic rings. The molecule has 0 saturated carbocycles. The highest BCUT2D eigenvalue weighted by molar-refractivity contribution is 6.00.